The summed E-state index contributed by atoms with van der Waals surface area (Å²) in [5.41, 5.74) is 2.04. The molecule has 1 aliphatic heterocycles. The van der Waals surface area contributed by atoms with Gasteiger partial charge in [0.1, 0.15) is 5.75 Å². The maximum absolute atomic E-state index is 13.8. The van der Waals surface area contributed by atoms with Crippen LogP contribution < -0.4 is 9.47 Å². The molecule has 2 nitrogen and oxygen atoms in total. The van der Waals surface area contributed by atoms with Crippen molar-refractivity contribution in [3.63, 3.8) is 0 Å². The van der Waals surface area contributed by atoms with Crippen molar-refractivity contribution in [2.24, 2.45) is 0 Å². The molecule has 0 aliphatic carbocycles. The van der Waals surface area contributed by atoms with Crippen molar-refractivity contribution < 1.29 is 13.9 Å². The van der Waals surface area contributed by atoms with Gasteiger partial charge in [0.15, 0.2) is 11.6 Å². The first kappa shape index (κ1) is 13.4. The predicted molar refractivity (Wildman–Crippen MR) is 79.3 cm³/mol. The molecule has 0 fully saturated rings. The fraction of sp³-hybridized carbons (Fsp3) is 0.250. The van der Waals surface area contributed by atoms with E-state index in [1.54, 1.807) is 6.07 Å². The van der Waals surface area contributed by atoms with Crippen LogP contribution in [0.2, 0.25) is 0 Å². The Morgan fingerprint density at radius 1 is 1.30 bits per heavy atom. The van der Waals surface area contributed by atoms with Crippen molar-refractivity contribution in [3.05, 3.63) is 59.4 Å². The highest BCUT2D eigenvalue weighted by Gasteiger charge is 2.31. The van der Waals surface area contributed by atoms with Gasteiger partial charge in [0.2, 0.25) is 0 Å². The molecule has 0 spiro atoms. The number of methoxy groups -OCH3 is 1. The number of fused-ring (bicyclic) bond motifs is 1. The number of hydrogen-bond donors (Lipinski definition) is 0. The first-order valence-electron chi connectivity index (χ1n) is 6.40. The third kappa shape index (κ3) is 2.29. The Morgan fingerprint density at radius 2 is 2.10 bits per heavy atom. The number of rotatable bonds is 3. The lowest BCUT2D eigenvalue weighted by Gasteiger charge is -2.17. The van der Waals surface area contributed by atoms with E-state index in [2.05, 4.69) is 22.0 Å². The first-order valence-corrected chi connectivity index (χ1v) is 7.31. The van der Waals surface area contributed by atoms with E-state index < -0.39 is 0 Å². The van der Waals surface area contributed by atoms with Crippen molar-refractivity contribution >= 4 is 15.9 Å². The molecule has 0 aromatic heterocycles. The monoisotopic (exact) mass is 336 g/mol. The van der Waals surface area contributed by atoms with E-state index in [-0.39, 0.29) is 22.3 Å². The highest BCUT2D eigenvalue weighted by molar-refractivity contribution is 9.09. The average molecular weight is 337 g/mol. The van der Waals surface area contributed by atoms with Crippen LogP contribution in [-0.4, -0.2) is 13.7 Å². The molecule has 1 aliphatic rings. The molecule has 1 heterocycles. The SMILES string of the molecule is COc1ccc(C(Br)C2COc3ccccc32)cc1F. The van der Waals surface area contributed by atoms with Crippen LogP contribution in [0.3, 0.4) is 0 Å². The van der Waals surface area contributed by atoms with E-state index in [0.717, 1.165) is 16.9 Å². The Bertz CT molecular complexity index is 630. The lowest BCUT2D eigenvalue weighted by atomic mass is 9.93. The highest BCUT2D eigenvalue weighted by atomic mass is 79.9. The maximum atomic E-state index is 13.8. The second kappa shape index (κ2) is 5.44. The van der Waals surface area contributed by atoms with E-state index in [1.807, 2.05) is 24.3 Å². The molecule has 2 unspecified atom stereocenters. The summed E-state index contributed by atoms with van der Waals surface area (Å²) in [6.07, 6.45) is 0. The van der Waals surface area contributed by atoms with Crippen LogP contribution >= 0.6 is 15.9 Å². The molecule has 4 heteroatoms. The lowest BCUT2D eigenvalue weighted by Crippen LogP contribution is -2.08. The van der Waals surface area contributed by atoms with Crippen molar-refractivity contribution in [3.8, 4) is 11.5 Å². The predicted octanol–water partition coefficient (Wildman–Crippen LogP) is 4.45. The molecular weight excluding hydrogens is 323 g/mol. The summed E-state index contributed by atoms with van der Waals surface area (Å²) in [6, 6.07) is 13.0. The van der Waals surface area contributed by atoms with Gasteiger partial charge < -0.3 is 9.47 Å². The van der Waals surface area contributed by atoms with Gasteiger partial charge in [0.05, 0.1) is 13.7 Å². The first-order chi connectivity index (χ1) is 9.70. The number of para-hydroxylation sites is 1. The number of hydrogen-bond acceptors (Lipinski definition) is 2. The largest absolute Gasteiger partial charge is 0.494 e. The minimum absolute atomic E-state index is 0.00607. The quantitative estimate of drug-likeness (QED) is 0.771. The van der Waals surface area contributed by atoms with E-state index in [9.17, 15) is 4.39 Å². The van der Waals surface area contributed by atoms with Gasteiger partial charge in [0.25, 0.3) is 0 Å². The zero-order valence-electron chi connectivity index (χ0n) is 11.0. The molecular formula is C16H14BrFO2. The van der Waals surface area contributed by atoms with Crippen LogP contribution in [0, 0.1) is 5.82 Å². The van der Waals surface area contributed by atoms with Gasteiger partial charge in [0, 0.05) is 16.3 Å². The van der Waals surface area contributed by atoms with Crippen LogP contribution in [0.1, 0.15) is 21.9 Å². The van der Waals surface area contributed by atoms with Crippen molar-refractivity contribution in [2.45, 2.75) is 10.7 Å². The molecule has 0 amide bonds. The Hall–Kier alpha value is -1.55. The third-order valence-electron chi connectivity index (χ3n) is 3.58. The third-order valence-corrected chi connectivity index (χ3v) is 4.75. The summed E-state index contributed by atoms with van der Waals surface area (Å²) in [7, 11) is 1.46. The topological polar surface area (TPSA) is 18.5 Å². The lowest BCUT2D eigenvalue weighted by molar-refractivity contribution is 0.329. The van der Waals surface area contributed by atoms with Crippen molar-refractivity contribution in [1.29, 1.82) is 0 Å². The second-order valence-electron chi connectivity index (χ2n) is 4.75. The minimum Gasteiger partial charge on any atom is -0.494 e. The summed E-state index contributed by atoms with van der Waals surface area (Å²) in [6.45, 7) is 0.600. The zero-order chi connectivity index (χ0) is 14.1. The molecule has 0 bridgehead atoms. The van der Waals surface area contributed by atoms with E-state index in [0.29, 0.717) is 6.61 Å². The molecule has 2 aromatic rings. The van der Waals surface area contributed by atoms with Crippen LogP contribution in [0.5, 0.6) is 11.5 Å². The molecule has 2 aromatic carbocycles. The van der Waals surface area contributed by atoms with Gasteiger partial charge in [-0.3, -0.25) is 0 Å². The van der Waals surface area contributed by atoms with Crippen LogP contribution in [-0.2, 0) is 0 Å². The number of alkyl halides is 1. The molecule has 0 saturated heterocycles. The normalized spacial score (nSPS) is 18.2. The van der Waals surface area contributed by atoms with E-state index in [4.69, 9.17) is 9.47 Å². The highest BCUT2D eigenvalue weighted by Crippen LogP contribution is 2.45. The number of ether oxygens (including phenoxy) is 2. The van der Waals surface area contributed by atoms with Gasteiger partial charge in [-0.2, -0.15) is 0 Å². The fourth-order valence-corrected chi connectivity index (χ4v) is 3.24. The molecule has 3 rings (SSSR count). The Kier molecular flexibility index (Phi) is 3.66. The van der Waals surface area contributed by atoms with Crippen molar-refractivity contribution in [1.82, 2.24) is 0 Å². The molecule has 0 saturated carbocycles. The van der Waals surface area contributed by atoms with E-state index in [1.165, 1.54) is 13.2 Å². The van der Waals surface area contributed by atoms with Gasteiger partial charge in [-0.15, -0.1) is 0 Å². The van der Waals surface area contributed by atoms with Gasteiger partial charge >= 0.3 is 0 Å². The summed E-state index contributed by atoms with van der Waals surface area (Å²) < 4.78 is 24.4. The van der Waals surface area contributed by atoms with Gasteiger partial charge in [-0.25, -0.2) is 4.39 Å². The number of benzene rings is 2. The van der Waals surface area contributed by atoms with Crippen LogP contribution in [0.25, 0.3) is 0 Å². The van der Waals surface area contributed by atoms with Crippen LogP contribution in [0.15, 0.2) is 42.5 Å². The summed E-state index contributed by atoms with van der Waals surface area (Å²) in [5, 5.41) is 0. The Labute approximate surface area is 125 Å². The molecule has 0 N–H and O–H groups in total. The second-order valence-corrected chi connectivity index (χ2v) is 5.74. The summed E-state index contributed by atoms with van der Waals surface area (Å²) >= 11 is 3.68. The summed E-state index contributed by atoms with van der Waals surface area (Å²) in [5.74, 6) is 1.01. The number of halogens is 2. The fourth-order valence-electron chi connectivity index (χ4n) is 2.52. The summed E-state index contributed by atoms with van der Waals surface area (Å²) in [4.78, 5) is 0.00607. The van der Waals surface area contributed by atoms with E-state index >= 15 is 0 Å². The standard InChI is InChI=1S/C16H14BrFO2/c1-19-15-7-6-10(8-13(15)18)16(17)12-9-20-14-5-3-2-4-11(12)14/h2-8,12,16H,9H2,1H3. The average Bonchev–Trinajstić information content (AvgIpc) is 2.90. The molecule has 104 valence electrons. The van der Waals surface area contributed by atoms with Crippen LogP contribution in [0.4, 0.5) is 4.39 Å². The molecule has 2 atom stereocenters. The minimum atomic E-state index is -0.346. The van der Waals surface area contributed by atoms with Gasteiger partial charge in [-0.05, 0) is 23.8 Å². The smallest absolute Gasteiger partial charge is 0.165 e. The maximum Gasteiger partial charge on any atom is 0.165 e. The molecule has 20 heavy (non-hydrogen) atoms. The Morgan fingerprint density at radius 3 is 2.85 bits per heavy atom. The van der Waals surface area contributed by atoms with Crippen molar-refractivity contribution in [2.75, 3.05) is 13.7 Å². The molecule has 0 radical (unpaired) electrons. The zero-order valence-corrected chi connectivity index (χ0v) is 12.6. The Balaban J connectivity index is 1.90. The van der Waals surface area contributed by atoms with Gasteiger partial charge in [-0.1, -0.05) is 40.2 Å².